The van der Waals surface area contributed by atoms with Crippen molar-refractivity contribution in [1.29, 1.82) is 0 Å². The van der Waals surface area contributed by atoms with Gasteiger partial charge in [0.05, 0.1) is 109 Å². The summed E-state index contributed by atoms with van der Waals surface area (Å²) < 4.78 is 173. The van der Waals surface area contributed by atoms with E-state index in [1.165, 1.54) is 147 Å². The van der Waals surface area contributed by atoms with Crippen molar-refractivity contribution in [2.45, 2.75) is 62.1 Å². The second-order valence-corrected chi connectivity index (χ2v) is 31.8. The Bertz CT molecular complexity index is 5490. The van der Waals surface area contributed by atoms with Gasteiger partial charge in [0.2, 0.25) is 19.7 Å². The molecule has 10 aromatic rings. The number of aromatic hydroxyl groups is 3. The maximum absolute atomic E-state index is 13.2. The second kappa shape index (κ2) is 50.2. The van der Waals surface area contributed by atoms with Gasteiger partial charge in [0, 0.05) is 43.2 Å². The number of carboxylic acid groups (broad SMARTS) is 1. The third-order valence-corrected chi connectivity index (χ3v) is 21.1. The molecule has 0 aromatic heterocycles. The summed E-state index contributed by atoms with van der Waals surface area (Å²) in [7, 11) is -4.30. The van der Waals surface area contributed by atoms with E-state index in [1.54, 1.807) is 84.9 Å². The molecule has 0 heterocycles. The summed E-state index contributed by atoms with van der Waals surface area (Å²) in [6, 6.07) is 52.6. The third kappa shape index (κ3) is 35.6. The van der Waals surface area contributed by atoms with Gasteiger partial charge in [-0.15, -0.1) is 0 Å². The number of carbonyl (C=O) groups excluding carboxylic acids is 4. The molecule has 0 spiro atoms. The van der Waals surface area contributed by atoms with E-state index in [-0.39, 0.29) is 126 Å². The molecule has 0 saturated carbocycles. The Hall–Kier alpha value is -10.2. The SMILES string of the molecule is COC(=O)Cc1cc(O)cc(O)c1.COC(=O)Cc1cc(O)cc(OC)c1.COC(=O)Cc1cc(OC)cc(OS(=O)(=O)C(F)(F)F)c1.COC(=O)Cc1cc(OC)cc(S(=O)(=O)c2cccc(Cl)c2)c1.COc1cc(CC(=O)O)cc(S(=O)(=O)c2cccc(-c3ccc(Cl)cc3)c2)c1.O=S([O-])c1cccc(Cl)c1.OB(O)c1ccc(Cl)cc1.[Na+]. The first kappa shape index (κ1) is 104. The van der Waals surface area contributed by atoms with Crippen LogP contribution < -0.4 is 58.2 Å². The molecule has 41 heteroatoms. The number of benzene rings is 10. The number of alkyl halides is 3. The van der Waals surface area contributed by atoms with E-state index in [0.29, 0.717) is 59.3 Å². The van der Waals surface area contributed by atoms with Crippen LogP contribution in [0.4, 0.5) is 13.2 Å². The fraction of sp³-hybridized carbons (Fsp3) is 0.177. The topological polar surface area (TPSA) is 432 Å². The molecule has 0 fully saturated rings. The normalized spacial score (nSPS) is 10.8. The number of sulfone groups is 2. The maximum atomic E-state index is 13.2. The van der Waals surface area contributed by atoms with Crippen LogP contribution in [-0.4, -0.2) is 164 Å². The van der Waals surface area contributed by atoms with Crippen LogP contribution in [0.2, 0.25) is 20.1 Å². The monoisotopic (exact) mass is 1830 g/mol. The molecule has 0 saturated heterocycles. The predicted octanol–water partition coefficient (Wildman–Crippen LogP) is 9.54. The molecule has 10 rings (SSSR count). The molecule has 0 amide bonds. The fourth-order valence-electron chi connectivity index (χ4n) is 9.43. The van der Waals surface area contributed by atoms with Crippen LogP contribution in [-0.2, 0) is 116 Å². The minimum absolute atomic E-state index is 0. The van der Waals surface area contributed by atoms with Crippen molar-refractivity contribution in [3.63, 3.8) is 0 Å². The zero-order valence-electron chi connectivity index (χ0n) is 64.8. The summed E-state index contributed by atoms with van der Waals surface area (Å²) in [6.07, 6.45) is -0.466. The minimum atomic E-state index is -5.80. The molecule has 120 heavy (non-hydrogen) atoms. The van der Waals surface area contributed by atoms with E-state index in [1.807, 2.05) is 18.2 Å². The maximum Gasteiger partial charge on any atom is 1.00 e. The summed E-state index contributed by atoms with van der Waals surface area (Å²) in [5.74, 6) is -2.46. The molecule has 1 unspecified atom stereocenters. The molecule has 0 aliphatic carbocycles. The van der Waals surface area contributed by atoms with Crippen LogP contribution >= 0.6 is 46.4 Å². The van der Waals surface area contributed by atoms with Crippen LogP contribution in [0, 0.1) is 0 Å². The van der Waals surface area contributed by atoms with E-state index in [0.717, 1.165) is 30.4 Å². The van der Waals surface area contributed by atoms with Gasteiger partial charge >= 0.3 is 82.1 Å². The fourth-order valence-corrected chi connectivity index (χ4v) is 13.8. The number of carbonyl (C=O) groups is 5. The van der Waals surface area contributed by atoms with Gasteiger partial charge in [0.25, 0.3) is 0 Å². The van der Waals surface area contributed by atoms with Gasteiger partial charge in [0.15, 0.2) is 0 Å². The minimum Gasteiger partial charge on any atom is -0.768 e. The van der Waals surface area contributed by atoms with Gasteiger partial charge < -0.3 is 77.1 Å². The third-order valence-electron chi connectivity index (χ3n) is 15.0. The number of ether oxygens (including phenoxy) is 8. The number of phenolic OH excluding ortho intramolecular Hbond substituents is 3. The summed E-state index contributed by atoms with van der Waals surface area (Å²) in [5.41, 5.74) is -1.37. The molecular weight excluding hydrogens is 1760 g/mol. The molecule has 6 N–H and O–H groups in total. The Labute approximate surface area is 733 Å². The first-order chi connectivity index (χ1) is 55.9. The molecule has 0 bridgehead atoms. The van der Waals surface area contributed by atoms with Crippen molar-refractivity contribution in [3.8, 4) is 57.1 Å². The van der Waals surface area contributed by atoms with Gasteiger partial charge in [-0.3, -0.25) is 28.2 Å². The largest absolute Gasteiger partial charge is 1.00 e. The Morgan fingerprint density at radius 1 is 0.400 bits per heavy atom. The van der Waals surface area contributed by atoms with Crippen LogP contribution in [0.1, 0.15) is 27.8 Å². The van der Waals surface area contributed by atoms with E-state index >= 15 is 0 Å². The Balaban J connectivity index is 0.000000372. The zero-order chi connectivity index (χ0) is 89.1. The number of hydrogen-bond acceptors (Lipinski definition) is 27. The summed E-state index contributed by atoms with van der Waals surface area (Å²) in [6.45, 7) is 0. The van der Waals surface area contributed by atoms with Crippen molar-refractivity contribution in [2.24, 2.45) is 0 Å². The molecule has 1 atom stereocenters. The number of methoxy groups -OCH3 is 8. The summed E-state index contributed by atoms with van der Waals surface area (Å²) >= 11 is 20.7. The first-order valence-electron chi connectivity index (χ1n) is 33.4. The first-order valence-corrected chi connectivity index (χ1v) is 40.4. The van der Waals surface area contributed by atoms with Gasteiger partial charge in [0.1, 0.15) is 46.0 Å². The van der Waals surface area contributed by atoms with Crippen molar-refractivity contribution in [3.05, 3.63) is 260 Å². The van der Waals surface area contributed by atoms with Crippen molar-refractivity contribution in [2.75, 3.05) is 56.9 Å². The predicted molar refractivity (Wildman–Crippen MR) is 432 cm³/mol. The molecule has 10 aromatic carbocycles. The van der Waals surface area contributed by atoms with Crippen LogP contribution in [0.3, 0.4) is 0 Å². The molecule has 0 aliphatic heterocycles. The quantitative estimate of drug-likeness (QED) is 0.00866. The average Bonchev–Trinajstić information content (AvgIpc) is 0.761. The van der Waals surface area contributed by atoms with Gasteiger partial charge in [-0.25, -0.2) is 16.8 Å². The Morgan fingerprint density at radius 3 is 1.13 bits per heavy atom. The van der Waals surface area contributed by atoms with Crippen LogP contribution in [0.15, 0.2) is 237 Å². The number of aliphatic carboxylic acids is 1. The number of rotatable bonds is 23. The molecule has 28 nitrogen and oxygen atoms in total. The zero-order valence-corrected chi connectivity index (χ0v) is 73.1. The smallest absolute Gasteiger partial charge is 0.768 e. The van der Waals surface area contributed by atoms with Crippen molar-refractivity contribution >= 4 is 130 Å². The number of phenols is 3. The molecule has 0 aliphatic rings. The van der Waals surface area contributed by atoms with Crippen LogP contribution in [0.25, 0.3) is 11.1 Å². The van der Waals surface area contributed by atoms with E-state index < -0.39 is 83.1 Å². The second-order valence-electron chi connectivity index (χ2n) is 23.6. The van der Waals surface area contributed by atoms with E-state index in [2.05, 4.69) is 23.1 Å². The van der Waals surface area contributed by atoms with Crippen molar-refractivity contribution in [1.82, 2.24) is 0 Å². The van der Waals surface area contributed by atoms with Gasteiger partial charge in [-0.05, 0) is 201 Å². The average molecular weight is 1830 g/mol. The summed E-state index contributed by atoms with van der Waals surface area (Å²) in [4.78, 5) is 55.8. The Morgan fingerprint density at radius 2 is 0.750 bits per heavy atom. The number of hydrogen-bond donors (Lipinski definition) is 6. The molecule has 636 valence electrons. The van der Waals surface area contributed by atoms with Gasteiger partial charge in [-0.2, -0.15) is 21.6 Å². The van der Waals surface area contributed by atoms with E-state index in [9.17, 15) is 76.3 Å². The number of esters is 4. The molecular formula is C79H75BCl4F3NaO28S4. The Kier molecular flexibility index (Phi) is 43.5. The van der Waals surface area contributed by atoms with Crippen LogP contribution in [0.5, 0.6) is 46.0 Å². The van der Waals surface area contributed by atoms with Crippen molar-refractivity contribution < 1.29 is 173 Å². The molecule has 0 radical (unpaired) electrons. The summed E-state index contributed by atoms with van der Waals surface area (Å²) in [5, 5.41) is 55.6. The standard InChI is InChI=1S/C21H17ClO5S.C16H15ClO5S.C11H11F3O6S.C10H12O4.C9H10O4.C6H6BClO2.C6H5ClO2S.Na/c1-27-18-9-14(11-21(23)24)10-20(13-18)28(25,26)19-4-2-3-16(12-19)15-5-7-17(22)8-6-15;1-21-13-6-11(8-16(18)22-2)7-15(10-13)23(19,20)14-5-3-4-12(17)9-14;1-18-8-3-7(5-10(15)19-2)4-9(6-8)20-21(16,17)11(12,13)14;1-13-9-4-7(3-8(11)6-9)5-10(12)14-2;1-13-9(12)4-6-2-7(10)5-8(11)3-6;8-6-3-1-5(2-4-6)7(9)10;7-5-2-1-3-6(4-5)10(8)9;/h2-10,12-13H,11H2,1H3,(H,23,24);3-7,9-10H,8H2,1-2H3;3-4,6H,5H2,1-2H3;3-4,6,11H,5H2,1-2H3;2-3,5,10-11H,4H2,1H3;1-4,9-10H;1-4H,(H,8,9);/q;;;;;;;+1/p-1. The number of halogens is 7. The number of carboxylic acids is 1. The van der Waals surface area contributed by atoms with E-state index in [4.69, 9.17) is 90.7 Å². The van der Waals surface area contributed by atoms with Gasteiger partial charge in [-0.1, -0.05) is 94.9 Å².